The second-order valence-electron chi connectivity index (χ2n) is 3.50. The molecule has 0 saturated carbocycles. The van der Waals surface area contributed by atoms with E-state index < -0.39 is 11.8 Å². The average Bonchev–Trinajstić information content (AvgIpc) is 2.48. The molecule has 76 valence electrons. The molecule has 1 saturated heterocycles. The maximum Gasteiger partial charge on any atom is 0.210 e. The first-order chi connectivity index (χ1) is 6.03. The summed E-state index contributed by atoms with van der Waals surface area (Å²) in [6, 6.07) is -0.523. The quantitative estimate of drug-likeness (QED) is 0.492. The molecule has 1 aliphatic heterocycles. The van der Waals surface area contributed by atoms with Crippen LogP contribution in [-0.4, -0.2) is 30.0 Å². The molecule has 0 aromatic heterocycles. The van der Waals surface area contributed by atoms with E-state index in [0.29, 0.717) is 26.1 Å². The predicted molar refractivity (Wildman–Crippen MR) is 46.0 cm³/mol. The van der Waals surface area contributed by atoms with Crippen molar-refractivity contribution in [1.82, 2.24) is 0 Å². The summed E-state index contributed by atoms with van der Waals surface area (Å²) in [5.74, 6) is -0.593. The van der Waals surface area contributed by atoms with Gasteiger partial charge in [0, 0.05) is 24.7 Å². The molecule has 1 unspecified atom stereocenters. The second kappa shape index (κ2) is 4.02. The van der Waals surface area contributed by atoms with Crippen LogP contribution in [0, 0.1) is 10.1 Å². The van der Waals surface area contributed by atoms with Crippen LogP contribution in [0.15, 0.2) is 0 Å². The Bertz CT molecular complexity index is 189. The van der Waals surface area contributed by atoms with E-state index in [-0.39, 0.29) is 4.92 Å². The molecule has 0 amide bonds. The number of nitrogens with zero attached hydrogens (tertiary/aromatic N) is 1. The SMILES string of the molecule is CC(CCC1(C)OCCO1)[N+](=O)[O-]. The Labute approximate surface area is 77.2 Å². The number of ether oxygens (including phenoxy) is 2. The van der Waals surface area contributed by atoms with Crippen LogP contribution in [-0.2, 0) is 9.47 Å². The molecule has 1 aliphatic rings. The normalized spacial score (nSPS) is 22.9. The van der Waals surface area contributed by atoms with Gasteiger partial charge in [0.05, 0.1) is 13.2 Å². The lowest BCUT2D eigenvalue weighted by Crippen LogP contribution is -2.28. The molecule has 5 nitrogen and oxygen atoms in total. The summed E-state index contributed by atoms with van der Waals surface area (Å²) in [6.45, 7) is 4.59. The largest absolute Gasteiger partial charge is 0.348 e. The molecule has 1 heterocycles. The van der Waals surface area contributed by atoms with Crippen LogP contribution in [0.3, 0.4) is 0 Å². The van der Waals surface area contributed by atoms with Crippen molar-refractivity contribution in [3.05, 3.63) is 10.1 Å². The van der Waals surface area contributed by atoms with Gasteiger partial charge >= 0.3 is 0 Å². The van der Waals surface area contributed by atoms with E-state index in [1.165, 1.54) is 0 Å². The van der Waals surface area contributed by atoms with Crippen LogP contribution in [0.4, 0.5) is 0 Å². The van der Waals surface area contributed by atoms with Gasteiger partial charge in [0.25, 0.3) is 0 Å². The maximum atomic E-state index is 10.3. The van der Waals surface area contributed by atoms with Crippen LogP contribution >= 0.6 is 0 Å². The van der Waals surface area contributed by atoms with E-state index in [0.717, 1.165) is 0 Å². The highest BCUT2D eigenvalue weighted by atomic mass is 16.7. The number of nitro groups is 1. The predicted octanol–water partition coefficient (Wildman–Crippen LogP) is 1.19. The third-order valence-electron chi connectivity index (χ3n) is 2.27. The molecule has 0 spiro atoms. The van der Waals surface area contributed by atoms with Crippen LogP contribution < -0.4 is 0 Å². The van der Waals surface area contributed by atoms with Gasteiger partial charge in [-0.1, -0.05) is 0 Å². The van der Waals surface area contributed by atoms with Gasteiger partial charge in [-0.2, -0.15) is 0 Å². The summed E-state index contributed by atoms with van der Waals surface area (Å²) in [4.78, 5) is 10.1. The Kier molecular flexibility index (Phi) is 3.22. The fourth-order valence-corrected chi connectivity index (χ4v) is 1.28. The van der Waals surface area contributed by atoms with Gasteiger partial charge in [-0.3, -0.25) is 10.1 Å². The van der Waals surface area contributed by atoms with Crippen molar-refractivity contribution >= 4 is 0 Å². The minimum atomic E-state index is -0.593. The summed E-state index contributed by atoms with van der Waals surface area (Å²) in [6.07, 6.45) is 1.07. The van der Waals surface area contributed by atoms with E-state index in [2.05, 4.69) is 0 Å². The van der Waals surface area contributed by atoms with Crippen molar-refractivity contribution < 1.29 is 14.4 Å². The highest BCUT2D eigenvalue weighted by Crippen LogP contribution is 2.24. The highest BCUT2D eigenvalue weighted by molar-refractivity contribution is 4.69. The van der Waals surface area contributed by atoms with E-state index in [1.54, 1.807) is 6.92 Å². The van der Waals surface area contributed by atoms with Crippen LogP contribution in [0.5, 0.6) is 0 Å². The lowest BCUT2D eigenvalue weighted by atomic mass is 10.1. The topological polar surface area (TPSA) is 61.6 Å². The van der Waals surface area contributed by atoms with Crippen LogP contribution in [0.1, 0.15) is 26.7 Å². The Hall–Kier alpha value is -0.680. The third kappa shape index (κ3) is 2.93. The molecule has 1 rings (SSSR count). The zero-order valence-corrected chi connectivity index (χ0v) is 7.99. The molecule has 5 heteroatoms. The summed E-state index contributed by atoms with van der Waals surface area (Å²) in [7, 11) is 0. The molecular formula is C8H15NO4. The summed E-state index contributed by atoms with van der Waals surface area (Å²) < 4.78 is 10.7. The van der Waals surface area contributed by atoms with Crippen LogP contribution in [0.2, 0.25) is 0 Å². The number of hydrogen-bond donors (Lipinski definition) is 0. The van der Waals surface area contributed by atoms with Gasteiger partial charge < -0.3 is 9.47 Å². The van der Waals surface area contributed by atoms with Gasteiger partial charge in [0.1, 0.15) is 0 Å². The Morgan fingerprint density at radius 2 is 2.08 bits per heavy atom. The molecule has 0 radical (unpaired) electrons. The minimum Gasteiger partial charge on any atom is -0.348 e. The highest BCUT2D eigenvalue weighted by Gasteiger charge is 2.32. The fourth-order valence-electron chi connectivity index (χ4n) is 1.28. The van der Waals surface area contributed by atoms with E-state index >= 15 is 0 Å². The Balaban J connectivity index is 2.28. The molecule has 0 bridgehead atoms. The van der Waals surface area contributed by atoms with Crippen molar-refractivity contribution in [3.8, 4) is 0 Å². The first-order valence-corrected chi connectivity index (χ1v) is 4.45. The van der Waals surface area contributed by atoms with E-state index in [4.69, 9.17) is 9.47 Å². The maximum absolute atomic E-state index is 10.3. The van der Waals surface area contributed by atoms with Crippen molar-refractivity contribution in [1.29, 1.82) is 0 Å². The summed E-state index contributed by atoms with van der Waals surface area (Å²) in [5.41, 5.74) is 0. The molecule has 13 heavy (non-hydrogen) atoms. The lowest BCUT2D eigenvalue weighted by molar-refractivity contribution is -0.519. The first-order valence-electron chi connectivity index (χ1n) is 4.45. The van der Waals surface area contributed by atoms with Crippen molar-refractivity contribution in [2.45, 2.75) is 38.5 Å². The van der Waals surface area contributed by atoms with Gasteiger partial charge in [0.15, 0.2) is 5.79 Å². The van der Waals surface area contributed by atoms with Crippen molar-refractivity contribution in [2.75, 3.05) is 13.2 Å². The van der Waals surface area contributed by atoms with E-state index in [1.807, 2.05) is 6.92 Å². The molecule has 0 aromatic rings. The Morgan fingerprint density at radius 1 is 1.54 bits per heavy atom. The molecule has 0 N–H and O–H groups in total. The van der Waals surface area contributed by atoms with Gasteiger partial charge in [-0.25, -0.2) is 0 Å². The monoisotopic (exact) mass is 189 g/mol. The van der Waals surface area contributed by atoms with Gasteiger partial charge in [-0.15, -0.1) is 0 Å². The molecule has 1 atom stereocenters. The first kappa shape index (κ1) is 10.4. The fraction of sp³-hybridized carbons (Fsp3) is 1.00. The standard InChI is InChI=1S/C8H15NO4/c1-7(9(10)11)3-4-8(2)12-5-6-13-8/h7H,3-6H2,1-2H3. The molecule has 0 aliphatic carbocycles. The van der Waals surface area contributed by atoms with Crippen molar-refractivity contribution in [3.63, 3.8) is 0 Å². The number of hydrogen-bond acceptors (Lipinski definition) is 4. The average molecular weight is 189 g/mol. The van der Waals surface area contributed by atoms with E-state index in [9.17, 15) is 10.1 Å². The lowest BCUT2D eigenvalue weighted by Gasteiger charge is -2.21. The molecule has 0 aromatic carbocycles. The van der Waals surface area contributed by atoms with Crippen LogP contribution in [0.25, 0.3) is 0 Å². The smallest absolute Gasteiger partial charge is 0.210 e. The number of rotatable bonds is 4. The summed E-state index contributed by atoms with van der Waals surface area (Å²) in [5, 5.41) is 10.3. The Morgan fingerprint density at radius 3 is 2.54 bits per heavy atom. The second-order valence-corrected chi connectivity index (χ2v) is 3.50. The third-order valence-corrected chi connectivity index (χ3v) is 2.27. The molecular weight excluding hydrogens is 174 g/mol. The summed E-state index contributed by atoms with van der Waals surface area (Å²) >= 11 is 0. The zero-order chi connectivity index (χ0) is 9.90. The molecule has 1 fully saturated rings. The minimum absolute atomic E-state index is 0.279. The van der Waals surface area contributed by atoms with Crippen molar-refractivity contribution in [2.24, 2.45) is 0 Å². The van der Waals surface area contributed by atoms with Gasteiger partial charge in [0.2, 0.25) is 6.04 Å². The van der Waals surface area contributed by atoms with Gasteiger partial charge in [-0.05, 0) is 6.92 Å². The zero-order valence-electron chi connectivity index (χ0n) is 7.99.